The first-order valence-corrected chi connectivity index (χ1v) is 8.00. The summed E-state index contributed by atoms with van der Waals surface area (Å²) >= 11 is 0. The molecule has 3 nitrogen and oxygen atoms in total. The van der Waals surface area contributed by atoms with Crippen LogP contribution in [0.2, 0.25) is 0 Å². The van der Waals surface area contributed by atoms with E-state index in [0.29, 0.717) is 0 Å². The molecule has 5 atom stereocenters. The standard InChI is InChI=1S/C18H22N2O/c1-12-11-20-9-7-13(12)10-17(20)18(21)15-6-8-19-16-5-3-2-4-14(15)16/h2-6,8,12-13,17-18,21H,7,9-11H2,1H3/t12?,13-,17?,18+/m0/s1. The number of benzene rings is 1. The van der Waals surface area contributed by atoms with Gasteiger partial charge in [0.1, 0.15) is 0 Å². The van der Waals surface area contributed by atoms with Crippen LogP contribution in [0.5, 0.6) is 0 Å². The van der Waals surface area contributed by atoms with Crippen LogP contribution in [0.15, 0.2) is 36.5 Å². The van der Waals surface area contributed by atoms with Gasteiger partial charge >= 0.3 is 0 Å². The van der Waals surface area contributed by atoms with Gasteiger partial charge in [0.2, 0.25) is 0 Å². The first kappa shape index (κ1) is 13.2. The topological polar surface area (TPSA) is 36.4 Å². The molecule has 1 N–H and O–H groups in total. The highest BCUT2D eigenvalue weighted by Gasteiger charge is 2.41. The number of aromatic nitrogens is 1. The maximum Gasteiger partial charge on any atom is 0.0952 e. The molecule has 0 radical (unpaired) electrons. The minimum absolute atomic E-state index is 0.269. The lowest BCUT2D eigenvalue weighted by atomic mass is 9.74. The highest BCUT2D eigenvalue weighted by Crippen LogP contribution is 2.41. The van der Waals surface area contributed by atoms with Crippen molar-refractivity contribution in [3.63, 3.8) is 0 Å². The summed E-state index contributed by atoms with van der Waals surface area (Å²) in [6.07, 6.45) is 3.83. The van der Waals surface area contributed by atoms with Crippen molar-refractivity contribution in [3.05, 3.63) is 42.1 Å². The molecule has 2 bridgehead atoms. The normalized spacial score (nSPS) is 33.2. The van der Waals surface area contributed by atoms with Gasteiger partial charge < -0.3 is 5.11 Å². The lowest BCUT2D eigenvalue weighted by Gasteiger charge is -2.50. The minimum atomic E-state index is -0.409. The second-order valence-electron chi connectivity index (χ2n) is 6.69. The molecule has 3 fully saturated rings. The van der Waals surface area contributed by atoms with Gasteiger partial charge in [-0.15, -0.1) is 0 Å². The summed E-state index contributed by atoms with van der Waals surface area (Å²) in [5, 5.41) is 12.1. The molecule has 110 valence electrons. The van der Waals surface area contributed by atoms with Crippen LogP contribution in [-0.4, -0.2) is 34.1 Å². The third kappa shape index (κ3) is 2.16. The molecular weight excluding hydrogens is 260 g/mol. The van der Waals surface area contributed by atoms with E-state index in [1.165, 1.54) is 6.42 Å². The van der Waals surface area contributed by atoms with E-state index >= 15 is 0 Å². The fourth-order valence-corrected chi connectivity index (χ4v) is 4.25. The van der Waals surface area contributed by atoms with Crippen molar-refractivity contribution in [2.75, 3.05) is 13.1 Å². The zero-order chi connectivity index (χ0) is 14.4. The second kappa shape index (κ2) is 5.08. The number of nitrogens with zero attached hydrogens (tertiary/aromatic N) is 2. The van der Waals surface area contributed by atoms with E-state index in [9.17, 15) is 5.11 Å². The van der Waals surface area contributed by atoms with Crippen LogP contribution in [0.1, 0.15) is 31.4 Å². The van der Waals surface area contributed by atoms with Gasteiger partial charge in [-0.2, -0.15) is 0 Å². The molecule has 0 amide bonds. The summed E-state index contributed by atoms with van der Waals surface area (Å²) in [6, 6.07) is 10.4. The molecule has 1 aromatic carbocycles. The molecule has 0 aliphatic carbocycles. The Bertz CT molecular complexity index is 651. The highest BCUT2D eigenvalue weighted by atomic mass is 16.3. The molecule has 3 unspecified atom stereocenters. The Labute approximate surface area is 125 Å². The Morgan fingerprint density at radius 3 is 2.90 bits per heavy atom. The quantitative estimate of drug-likeness (QED) is 0.920. The lowest BCUT2D eigenvalue weighted by Crippen LogP contribution is -2.54. The summed E-state index contributed by atoms with van der Waals surface area (Å²) < 4.78 is 0. The Morgan fingerprint density at radius 1 is 1.29 bits per heavy atom. The summed E-state index contributed by atoms with van der Waals surface area (Å²) in [7, 11) is 0. The first-order valence-electron chi connectivity index (χ1n) is 8.00. The number of para-hydroxylation sites is 1. The van der Waals surface area contributed by atoms with Crippen LogP contribution in [-0.2, 0) is 0 Å². The van der Waals surface area contributed by atoms with Crippen LogP contribution in [0.25, 0.3) is 10.9 Å². The van der Waals surface area contributed by atoms with Crippen LogP contribution in [0.4, 0.5) is 0 Å². The number of piperidine rings is 3. The molecule has 21 heavy (non-hydrogen) atoms. The van der Waals surface area contributed by atoms with Gasteiger partial charge in [-0.25, -0.2) is 0 Å². The average Bonchev–Trinajstić information content (AvgIpc) is 2.54. The lowest BCUT2D eigenvalue weighted by molar-refractivity contribution is -0.0510. The fourth-order valence-electron chi connectivity index (χ4n) is 4.25. The number of aliphatic hydroxyl groups excluding tert-OH is 1. The van der Waals surface area contributed by atoms with E-state index in [-0.39, 0.29) is 6.04 Å². The molecule has 0 saturated carbocycles. The van der Waals surface area contributed by atoms with E-state index in [4.69, 9.17) is 0 Å². The molecule has 1 aromatic heterocycles. The molecular formula is C18H22N2O. The second-order valence-corrected chi connectivity index (χ2v) is 6.69. The molecule has 2 aromatic rings. The number of pyridine rings is 1. The zero-order valence-electron chi connectivity index (χ0n) is 12.4. The Morgan fingerprint density at radius 2 is 2.14 bits per heavy atom. The van der Waals surface area contributed by atoms with Crippen molar-refractivity contribution < 1.29 is 5.11 Å². The maximum absolute atomic E-state index is 11.0. The number of hydrogen-bond donors (Lipinski definition) is 1. The predicted molar refractivity (Wildman–Crippen MR) is 84.0 cm³/mol. The van der Waals surface area contributed by atoms with Gasteiger partial charge in [0.15, 0.2) is 0 Å². The largest absolute Gasteiger partial charge is 0.387 e. The van der Waals surface area contributed by atoms with E-state index < -0.39 is 6.10 Å². The third-order valence-electron chi connectivity index (χ3n) is 5.49. The molecule has 3 aliphatic rings. The van der Waals surface area contributed by atoms with E-state index in [0.717, 1.165) is 47.8 Å². The van der Waals surface area contributed by atoms with E-state index in [1.54, 1.807) is 0 Å². The first-order chi connectivity index (χ1) is 10.2. The highest BCUT2D eigenvalue weighted by molar-refractivity contribution is 5.82. The van der Waals surface area contributed by atoms with Gasteiger partial charge in [-0.1, -0.05) is 25.1 Å². The zero-order valence-corrected chi connectivity index (χ0v) is 12.4. The summed E-state index contributed by atoms with van der Waals surface area (Å²) in [4.78, 5) is 6.90. The van der Waals surface area contributed by atoms with Crippen LogP contribution in [0, 0.1) is 11.8 Å². The van der Waals surface area contributed by atoms with Gasteiger partial charge in [0, 0.05) is 24.2 Å². The Hall–Kier alpha value is -1.45. The van der Waals surface area contributed by atoms with E-state index in [2.05, 4.69) is 22.9 Å². The number of aliphatic hydroxyl groups is 1. The fraction of sp³-hybridized carbons (Fsp3) is 0.500. The summed E-state index contributed by atoms with van der Waals surface area (Å²) in [5.41, 5.74) is 2.00. The van der Waals surface area contributed by atoms with Crippen molar-refractivity contribution in [1.29, 1.82) is 0 Å². The molecule has 3 aliphatic heterocycles. The van der Waals surface area contributed by atoms with Crippen LogP contribution >= 0.6 is 0 Å². The summed E-state index contributed by atoms with van der Waals surface area (Å²) in [5.74, 6) is 1.55. The van der Waals surface area contributed by atoms with Gasteiger partial charge in [0.25, 0.3) is 0 Å². The average molecular weight is 282 g/mol. The number of rotatable bonds is 2. The number of hydrogen-bond acceptors (Lipinski definition) is 3. The Kier molecular flexibility index (Phi) is 3.20. The van der Waals surface area contributed by atoms with Gasteiger partial charge in [0.05, 0.1) is 11.6 Å². The minimum Gasteiger partial charge on any atom is -0.387 e. The van der Waals surface area contributed by atoms with Gasteiger partial charge in [-0.05, 0) is 48.9 Å². The molecule has 3 saturated heterocycles. The molecule has 3 heteroatoms. The summed E-state index contributed by atoms with van der Waals surface area (Å²) in [6.45, 7) is 4.62. The Balaban J connectivity index is 1.69. The van der Waals surface area contributed by atoms with Crippen molar-refractivity contribution in [1.82, 2.24) is 9.88 Å². The molecule has 4 heterocycles. The predicted octanol–water partition coefficient (Wildman–Crippen LogP) is 3.00. The van der Waals surface area contributed by atoms with Crippen LogP contribution in [0.3, 0.4) is 0 Å². The third-order valence-corrected chi connectivity index (χ3v) is 5.49. The monoisotopic (exact) mass is 282 g/mol. The van der Waals surface area contributed by atoms with Crippen molar-refractivity contribution in [2.45, 2.75) is 31.9 Å². The van der Waals surface area contributed by atoms with Crippen LogP contribution < -0.4 is 0 Å². The number of fused-ring (bicyclic) bond motifs is 4. The van der Waals surface area contributed by atoms with E-state index in [1.807, 2.05) is 30.5 Å². The van der Waals surface area contributed by atoms with Crippen molar-refractivity contribution in [2.24, 2.45) is 11.8 Å². The SMILES string of the molecule is CC1CN2CC[C@H]1CC2[C@H](O)c1ccnc2ccccc12. The van der Waals surface area contributed by atoms with Gasteiger partial charge in [-0.3, -0.25) is 9.88 Å². The molecule has 0 spiro atoms. The smallest absolute Gasteiger partial charge is 0.0952 e. The molecule has 5 rings (SSSR count). The maximum atomic E-state index is 11.0. The van der Waals surface area contributed by atoms with Crippen molar-refractivity contribution in [3.8, 4) is 0 Å². The van der Waals surface area contributed by atoms with Crippen molar-refractivity contribution >= 4 is 10.9 Å².